The second-order valence-corrected chi connectivity index (χ2v) is 2.21. The molecule has 0 aromatic rings. The Balaban J connectivity index is 2.80. The van der Waals surface area contributed by atoms with Crippen molar-refractivity contribution in [3.05, 3.63) is 11.6 Å². The minimum atomic E-state index is -1.13. The molecule has 0 saturated carbocycles. The van der Waals surface area contributed by atoms with Crippen molar-refractivity contribution in [3.63, 3.8) is 0 Å². The Labute approximate surface area is 25.1 Å². The lowest BCUT2D eigenvalue weighted by Crippen LogP contribution is -0.905. The molecule has 1 aliphatic heterocycles. The van der Waals surface area contributed by atoms with Crippen LogP contribution in [0.4, 0.5) is 0 Å². The fourth-order valence-corrected chi connectivity index (χ4v) is 0.306. The maximum Gasteiger partial charge on any atom is 0.118 e. The summed E-state index contributed by atoms with van der Waals surface area (Å²) in [6, 6.07) is 0. The third kappa shape index (κ3) is 0.210. The van der Waals surface area contributed by atoms with Gasteiger partial charge >= 0.3 is 0 Å². The van der Waals surface area contributed by atoms with Crippen LogP contribution in [0.2, 0.25) is 0 Å². The highest BCUT2D eigenvalue weighted by Crippen LogP contribution is 2.38. The van der Waals surface area contributed by atoms with Gasteiger partial charge < -0.3 is 4.57 Å². The lowest BCUT2D eigenvalue weighted by Gasteiger charge is -1.35. The molecule has 1 aliphatic rings. The summed E-state index contributed by atoms with van der Waals surface area (Å²) in [4.78, 5) is 0. The molecule has 1 heterocycles. The number of hydrogen-bond donors (Lipinski definition) is 0. The first-order valence-corrected chi connectivity index (χ1v) is 2.68. The van der Waals surface area contributed by atoms with Crippen LogP contribution in [0.1, 0.15) is 0 Å². The lowest BCUT2D eigenvalue weighted by molar-refractivity contribution is 0.600. The van der Waals surface area contributed by atoms with Crippen LogP contribution in [0.5, 0.6) is 0 Å². The van der Waals surface area contributed by atoms with Gasteiger partial charge in [0.2, 0.25) is 0 Å². The molecule has 1 nitrogen and oxygen atoms in total. The van der Waals surface area contributed by atoms with E-state index >= 15 is 0 Å². The predicted molar refractivity (Wildman–Crippen MR) is 18.1 cm³/mol. The van der Waals surface area contributed by atoms with Crippen LogP contribution in [0.3, 0.4) is 0 Å². The van der Waals surface area contributed by atoms with Gasteiger partial charge in [-0.15, -0.1) is 0 Å². The lowest BCUT2D eigenvalue weighted by atomic mass is 11.3. The molecule has 0 atom stereocenters. The quantitative estimate of drug-likeness (QED) is 0.392. The normalized spacial score (nSPS) is 22.0. The summed E-state index contributed by atoms with van der Waals surface area (Å²) in [6.07, 6.45) is 0. The standard InChI is InChI=1S/C2H3OP/c3-4-1-2-4/h1-2,4H. The molecule has 0 amide bonds. The largest absolute Gasteiger partial charge is 0.318 e. The molecule has 0 bridgehead atoms. The predicted octanol–water partition coefficient (Wildman–Crippen LogP) is 1.03. The van der Waals surface area contributed by atoms with Crippen LogP contribution in [0, 0.1) is 0 Å². The highest BCUT2D eigenvalue weighted by Gasteiger charge is 1.94. The summed E-state index contributed by atoms with van der Waals surface area (Å²) in [6.45, 7) is 0. The van der Waals surface area contributed by atoms with Crippen LogP contribution in [0.25, 0.3) is 0 Å². The van der Waals surface area contributed by atoms with E-state index < -0.39 is 7.80 Å². The second-order valence-electron chi connectivity index (χ2n) is 0.736. The molecule has 0 aromatic heterocycles. The zero-order valence-corrected chi connectivity index (χ0v) is 3.06. The van der Waals surface area contributed by atoms with E-state index in [2.05, 4.69) is 0 Å². The second kappa shape index (κ2) is 0.467. The van der Waals surface area contributed by atoms with Gasteiger partial charge in [-0.2, -0.15) is 0 Å². The van der Waals surface area contributed by atoms with E-state index in [0.717, 1.165) is 0 Å². The maximum absolute atomic E-state index is 9.63. The Morgan fingerprint density at radius 3 is 1.75 bits per heavy atom. The Bertz CT molecular complexity index is 66.1. The summed E-state index contributed by atoms with van der Waals surface area (Å²) < 4.78 is 9.63. The molecule has 0 radical (unpaired) electrons. The molecule has 0 spiro atoms. The van der Waals surface area contributed by atoms with Gasteiger partial charge in [-0.05, 0) is 11.6 Å². The molecule has 2 heteroatoms. The van der Waals surface area contributed by atoms with Gasteiger partial charge in [-0.1, -0.05) is 0 Å². The molecule has 0 fully saturated rings. The minimum absolute atomic E-state index is 1.13. The third-order valence-electron chi connectivity index (χ3n) is 0.303. The monoisotopic (exact) mass is 74.0 g/mol. The number of hydrogen-bond acceptors (Lipinski definition) is 1. The molecule has 4 heavy (non-hydrogen) atoms. The van der Waals surface area contributed by atoms with Gasteiger partial charge in [0, 0.05) is 0 Å². The smallest absolute Gasteiger partial charge is 0.118 e. The van der Waals surface area contributed by atoms with Crippen molar-refractivity contribution >= 4 is 7.80 Å². The SMILES string of the molecule is O=[PH]1C=C1. The first-order chi connectivity index (χ1) is 1.89. The van der Waals surface area contributed by atoms with E-state index in [-0.39, 0.29) is 0 Å². The van der Waals surface area contributed by atoms with Gasteiger partial charge in [0.15, 0.2) is 0 Å². The summed E-state index contributed by atoms with van der Waals surface area (Å²) in [5, 5.41) is 0. The first kappa shape index (κ1) is 2.22. The van der Waals surface area contributed by atoms with Gasteiger partial charge in [-0.25, -0.2) is 0 Å². The average Bonchev–Trinajstić information content (AvgIpc) is 1.75. The maximum atomic E-state index is 9.63. The molecule has 0 N–H and O–H groups in total. The Hall–Kier alpha value is -0.0300. The van der Waals surface area contributed by atoms with Gasteiger partial charge in [0.1, 0.15) is 7.80 Å². The molecular weight excluding hydrogens is 71.0 g/mol. The highest BCUT2D eigenvalue weighted by atomic mass is 31.1. The van der Waals surface area contributed by atoms with Gasteiger partial charge in [0.05, 0.1) is 0 Å². The van der Waals surface area contributed by atoms with E-state index in [1.807, 2.05) is 0 Å². The van der Waals surface area contributed by atoms with Crippen molar-refractivity contribution in [2.75, 3.05) is 0 Å². The molecule has 0 aromatic carbocycles. The molecule has 0 aliphatic carbocycles. The fraction of sp³-hybridized carbons (Fsp3) is 0. The molecule has 0 unspecified atom stereocenters. The Morgan fingerprint density at radius 1 is 1.50 bits per heavy atom. The molecular formula is C2H3OP. The fourth-order valence-electron chi connectivity index (χ4n) is 0.0340. The topological polar surface area (TPSA) is 17.1 Å². The molecule has 0 saturated heterocycles. The van der Waals surface area contributed by atoms with Crippen molar-refractivity contribution in [1.29, 1.82) is 0 Å². The summed E-state index contributed by atoms with van der Waals surface area (Å²) in [5.74, 6) is 3.43. The zero-order valence-electron chi connectivity index (χ0n) is 2.06. The van der Waals surface area contributed by atoms with Crippen molar-refractivity contribution in [3.8, 4) is 0 Å². The Kier molecular flexibility index (Phi) is 0.259. The van der Waals surface area contributed by atoms with E-state index in [1.54, 1.807) is 11.6 Å². The van der Waals surface area contributed by atoms with Crippen molar-refractivity contribution in [2.24, 2.45) is 0 Å². The Morgan fingerprint density at radius 2 is 1.75 bits per heavy atom. The van der Waals surface area contributed by atoms with Crippen LogP contribution in [0.15, 0.2) is 11.6 Å². The van der Waals surface area contributed by atoms with Crippen molar-refractivity contribution < 1.29 is 4.57 Å². The van der Waals surface area contributed by atoms with Crippen LogP contribution >= 0.6 is 7.80 Å². The van der Waals surface area contributed by atoms with E-state index in [9.17, 15) is 4.57 Å². The first-order valence-electron chi connectivity index (χ1n) is 1.11. The van der Waals surface area contributed by atoms with Gasteiger partial charge in [-0.3, -0.25) is 0 Å². The van der Waals surface area contributed by atoms with Crippen molar-refractivity contribution in [1.82, 2.24) is 0 Å². The van der Waals surface area contributed by atoms with Crippen molar-refractivity contribution in [2.45, 2.75) is 0 Å². The average molecular weight is 74.0 g/mol. The number of rotatable bonds is 0. The summed E-state index contributed by atoms with van der Waals surface area (Å²) in [7, 11) is -1.13. The summed E-state index contributed by atoms with van der Waals surface area (Å²) >= 11 is 0. The highest BCUT2D eigenvalue weighted by molar-refractivity contribution is 7.59. The molecule has 1 rings (SSSR count). The summed E-state index contributed by atoms with van der Waals surface area (Å²) in [5.41, 5.74) is 0. The van der Waals surface area contributed by atoms with E-state index in [0.29, 0.717) is 0 Å². The van der Waals surface area contributed by atoms with Crippen LogP contribution in [-0.4, -0.2) is 0 Å². The van der Waals surface area contributed by atoms with E-state index in [1.165, 1.54) is 0 Å². The molecule has 22 valence electrons. The minimum Gasteiger partial charge on any atom is -0.318 e. The third-order valence-corrected chi connectivity index (χ3v) is 0.908. The zero-order chi connectivity index (χ0) is 2.99. The van der Waals surface area contributed by atoms with E-state index in [4.69, 9.17) is 0 Å². The van der Waals surface area contributed by atoms with Crippen LogP contribution in [-0.2, 0) is 4.57 Å². The van der Waals surface area contributed by atoms with Crippen LogP contribution < -0.4 is 0 Å². The van der Waals surface area contributed by atoms with Gasteiger partial charge in [0.25, 0.3) is 0 Å².